The van der Waals surface area contributed by atoms with Crippen LogP contribution in [-0.2, 0) is 0 Å². The molecule has 0 bridgehead atoms. The van der Waals surface area contributed by atoms with Crippen molar-refractivity contribution >= 4 is 34.1 Å². The van der Waals surface area contributed by atoms with Gasteiger partial charge in [0.1, 0.15) is 0 Å². The number of rotatable bonds is 4. The SMILES string of the molecule is C#CCSc1nnc(NC(=O)c2ccccc2)s1. The Hall–Kier alpha value is -1.84. The first-order chi connectivity index (χ1) is 8.79. The number of amides is 1. The van der Waals surface area contributed by atoms with Gasteiger partial charge in [0.05, 0.1) is 5.75 Å². The van der Waals surface area contributed by atoms with E-state index >= 15 is 0 Å². The zero-order valence-corrected chi connectivity index (χ0v) is 10.9. The molecule has 1 N–H and O–H groups in total. The molecule has 0 fully saturated rings. The highest BCUT2D eigenvalue weighted by molar-refractivity contribution is 8.01. The fourth-order valence-electron chi connectivity index (χ4n) is 1.18. The van der Waals surface area contributed by atoms with Gasteiger partial charge < -0.3 is 0 Å². The molecular weight excluding hydrogens is 266 g/mol. The molecular formula is C12H9N3OS2. The second kappa shape index (κ2) is 6.19. The monoisotopic (exact) mass is 275 g/mol. The molecule has 1 amide bonds. The summed E-state index contributed by atoms with van der Waals surface area (Å²) in [5.41, 5.74) is 0.588. The Bertz CT molecular complexity index is 575. The van der Waals surface area contributed by atoms with Gasteiger partial charge in [-0.1, -0.05) is 47.2 Å². The molecule has 0 saturated carbocycles. The number of hydrogen-bond acceptors (Lipinski definition) is 5. The van der Waals surface area contributed by atoms with E-state index in [-0.39, 0.29) is 5.91 Å². The van der Waals surface area contributed by atoms with Crippen LogP contribution in [0.2, 0.25) is 0 Å². The van der Waals surface area contributed by atoms with E-state index in [4.69, 9.17) is 6.42 Å². The van der Waals surface area contributed by atoms with Crippen LogP contribution in [0.15, 0.2) is 34.7 Å². The molecule has 2 aromatic rings. The van der Waals surface area contributed by atoms with E-state index in [0.717, 1.165) is 4.34 Å². The fourth-order valence-corrected chi connectivity index (χ4v) is 2.61. The molecule has 1 aromatic heterocycles. The number of terminal acetylenes is 1. The van der Waals surface area contributed by atoms with Gasteiger partial charge in [0, 0.05) is 5.56 Å². The van der Waals surface area contributed by atoms with Crippen molar-refractivity contribution in [3.8, 4) is 12.3 Å². The van der Waals surface area contributed by atoms with Crippen LogP contribution < -0.4 is 5.32 Å². The van der Waals surface area contributed by atoms with Crippen LogP contribution in [0.25, 0.3) is 0 Å². The van der Waals surface area contributed by atoms with Crippen molar-refractivity contribution in [2.24, 2.45) is 0 Å². The number of anilines is 1. The highest BCUT2D eigenvalue weighted by atomic mass is 32.2. The molecule has 0 spiro atoms. The van der Waals surface area contributed by atoms with Crippen LogP contribution in [0.1, 0.15) is 10.4 Å². The van der Waals surface area contributed by atoms with E-state index in [1.807, 2.05) is 18.2 Å². The number of benzene rings is 1. The molecule has 0 unspecified atom stereocenters. The summed E-state index contributed by atoms with van der Waals surface area (Å²) in [7, 11) is 0. The second-order valence-corrected chi connectivity index (χ2v) is 5.39. The van der Waals surface area contributed by atoms with Crippen molar-refractivity contribution in [3.63, 3.8) is 0 Å². The summed E-state index contributed by atoms with van der Waals surface area (Å²) in [6, 6.07) is 8.96. The average molecular weight is 275 g/mol. The van der Waals surface area contributed by atoms with Crippen LogP contribution in [-0.4, -0.2) is 21.9 Å². The van der Waals surface area contributed by atoms with Gasteiger partial charge in [-0.3, -0.25) is 10.1 Å². The molecule has 0 aliphatic carbocycles. The van der Waals surface area contributed by atoms with Crippen molar-refractivity contribution in [2.45, 2.75) is 4.34 Å². The summed E-state index contributed by atoms with van der Waals surface area (Å²) in [5.74, 6) is 2.86. The first-order valence-electron chi connectivity index (χ1n) is 5.06. The van der Waals surface area contributed by atoms with Crippen molar-refractivity contribution < 1.29 is 4.79 Å². The highest BCUT2D eigenvalue weighted by Gasteiger charge is 2.09. The van der Waals surface area contributed by atoms with E-state index in [9.17, 15) is 4.79 Å². The van der Waals surface area contributed by atoms with Crippen LogP contribution in [0.5, 0.6) is 0 Å². The topological polar surface area (TPSA) is 54.9 Å². The van der Waals surface area contributed by atoms with Gasteiger partial charge in [-0.15, -0.1) is 16.6 Å². The molecule has 6 heteroatoms. The summed E-state index contributed by atoms with van der Waals surface area (Å²) in [6.45, 7) is 0. The number of nitrogens with zero attached hydrogens (tertiary/aromatic N) is 2. The minimum Gasteiger partial charge on any atom is -0.296 e. The zero-order valence-electron chi connectivity index (χ0n) is 9.29. The smallest absolute Gasteiger partial charge is 0.257 e. The van der Waals surface area contributed by atoms with Crippen molar-refractivity contribution in [2.75, 3.05) is 11.1 Å². The summed E-state index contributed by atoms with van der Waals surface area (Å²) >= 11 is 2.73. The van der Waals surface area contributed by atoms with Crippen LogP contribution in [0, 0.1) is 12.3 Å². The number of aromatic nitrogens is 2. The van der Waals surface area contributed by atoms with Gasteiger partial charge >= 0.3 is 0 Å². The molecule has 1 heterocycles. The van der Waals surface area contributed by atoms with Gasteiger partial charge in [-0.05, 0) is 12.1 Å². The Morgan fingerprint density at radius 3 is 2.89 bits per heavy atom. The molecule has 0 aliphatic heterocycles. The lowest BCUT2D eigenvalue weighted by atomic mass is 10.2. The minimum atomic E-state index is -0.194. The number of thioether (sulfide) groups is 1. The summed E-state index contributed by atoms with van der Waals surface area (Å²) in [6.07, 6.45) is 5.16. The standard InChI is InChI=1S/C12H9N3OS2/c1-2-8-17-12-15-14-11(18-12)13-10(16)9-6-4-3-5-7-9/h1,3-7H,8H2,(H,13,14,16). The molecule has 0 radical (unpaired) electrons. The maximum atomic E-state index is 11.8. The van der Waals surface area contributed by atoms with E-state index in [0.29, 0.717) is 16.4 Å². The summed E-state index contributed by atoms with van der Waals surface area (Å²) in [4.78, 5) is 11.8. The maximum Gasteiger partial charge on any atom is 0.257 e. The fraction of sp³-hybridized carbons (Fsp3) is 0.0833. The van der Waals surface area contributed by atoms with Gasteiger partial charge in [-0.2, -0.15) is 0 Å². The quantitative estimate of drug-likeness (QED) is 0.529. The molecule has 90 valence electrons. The van der Waals surface area contributed by atoms with Crippen LogP contribution in [0.3, 0.4) is 0 Å². The predicted molar refractivity (Wildman–Crippen MR) is 73.9 cm³/mol. The van der Waals surface area contributed by atoms with E-state index in [2.05, 4.69) is 21.4 Å². The Morgan fingerprint density at radius 2 is 2.17 bits per heavy atom. The molecule has 4 nitrogen and oxygen atoms in total. The number of nitrogens with one attached hydrogen (secondary N) is 1. The molecule has 0 atom stereocenters. The Labute approximate surface area is 113 Å². The second-order valence-electron chi connectivity index (χ2n) is 3.19. The zero-order chi connectivity index (χ0) is 12.8. The Kier molecular flexibility index (Phi) is 4.34. The maximum absolute atomic E-state index is 11.8. The molecule has 18 heavy (non-hydrogen) atoms. The largest absolute Gasteiger partial charge is 0.296 e. The van der Waals surface area contributed by atoms with Gasteiger partial charge in [0.2, 0.25) is 5.13 Å². The molecule has 1 aromatic carbocycles. The predicted octanol–water partition coefficient (Wildman–Crippen LogP) is 2.52. The summed E-state index contributed by atoms with van der Waals surface area (Å²) in [5, 5.41) is 11.0. The number of carbonyl (C=O) groups is 1. The van der Waals surface area contributed by atoms with E-state index < -0.39 is 0 Å². The Morgan fingerprint density at radius 1 is 1.39 bits per heavy atom. The molecule has 0 saturated heterocycles. The summed E-state index contributed by atoms with van der Waals surface area (Å²) < 4.78 is 0.747. The third-order valence-electron chi connectivity index (χ3n) is 1.94. The third-order valence-corrected chi connectivity index (χ3v) is 3.82. The van der Waals surface area contributed by atoms with Crippen molar-refractivity contribution in [1.82, 2.24) is 10.2 Å². The van der Waals surface area contributed by atoms with Gasteiger partial charge in [0.25, 0.3) is 5.91 Å². The highest BCUT2D eigenvalue weighted by Crippen LogP contribution is 2.25. The normalized spacial score (nSPS) is 9.72. The first kappa shape index (κ1) is 12.6. The van der Waals surface area contributed by atoms with Gasteiger partial charge in [-0.25, -0.2) is 0 Å². The van der Waals surface area contributed by atoms with E-state index in [1.165, 1.54) is 23.1 Å². The van der Waals surface area contributed by atoms with E-state index in [1.54, 1.807) is 12.1 Å². The molecule has 0 aliphatic rings. The third kappa shape index (κ3) is 3.32. The van der Waals surface area contributed by atoms with Crippen LogP contribution in [0.4, 0.5) is 5.13 Å². The van der Waals surface area contributed by atoms with Crippen molar-refractivity contribution in [3.05, 3.63) is 35.9 Å². The number of carbonyl (C=O) groups excluding carboxylic acids is 1. The Balaban J connectivity index is 2.00. The minimum absolute atomic E-state index is 0.194. The number of hydrogen-bond donors (Lipinski definition) is 1. The van der Waals surface area contributed by atoms with Crippen LogP contribution >= 0.6 is 23.1 Å². The average Bonchev–Trinajstić information content (AvgIpc) is 2.85. The lowest BCUT2D eigenvalue weighted by Crippen LogP contribution is -2.11. The lowest BCUT2D eigenvalue weighted by Gasteiger charge is -1.99. The van der Waals surface area contributed by atoms with Crippen molar-refractivity contribution in [1.29, 1.82) is 0 Å². The first-order valence-corrected chi connectivity index (χ1v) is 6.86. The lowest BCUT2D eigenvalue weighted by molar-refractivity contribution is 0.102. The van der Waals surface area contributed by atoms with Gasteiger partial charge in [0.15, 0.2) is 4.34 Å². The molecule has 2 rings (SSSR count).